The van der Waals surface area contributed by atoms with Gasteiger partial charge in [0.15, 0.2) is 9.84 Å². The zero-order chi connectivity index (χ0) is 18.8. The lowest BCUT2D eigenvalue weighted by atomic mass is 10.2. The SMILES string of the molecule is O=C(CS(=O)(=O)c1ccc(C(F)(F)F)cc1Cl)Nc1ccc(F)cc1. The summed E-state index contributed by atoms with van der Waals surface area (Å²) in [6, 6.07) is 6.33. The molecular weight excluding hydrogens is 386 g/mol. The van der Waals surface area contributed by atoms with E-state index in [1.807, 2.05) is 0 Å². The number of nitrogens with one attached hydrogen (secondary N) is 1. The normalized spacial score (nSPS) is 12.0. The molecule has 0 saturated carbocycles. The summed E-state index contributed by atoms with van der Waals surface area (Å²) in [6.45, 7) is 0. The summed E-state index contributed by atoms with van der Waals surface area (Å²) in [5.41, 5.74) is -0.938. The highest BCUT2D eigenvalue weighted by Gasteiger charge is 2.32. The van der Waals surface area contributed by atoms with Crippen molar-refractivity contribution in [2.75, 3.05) is 11.1 Å². The van der Waals surface area contributed by atoms with E-state index >= 15 is 0 Å². The van der Waals surface area contributed by atoms with Crippen LogP contribution in [0.2, 0.25) is 5.02 Å². The first-order valence-electron chi connectivity index (χ1n) is 6.64. The van der Waals surface area contributed by atoms with Crippen molar-refractivity contribution in [1.29, 1.82) is 0 Å². The number of sulfone groups is 1. The minimum absolute atomic E-state index is 0.167. The Morgan fingerprint density at radius 3 is 2.20 bits per heavy atom. The van der Waals surface area contributed by atoms with E-state index in [1.54, 1.807) is 0 Å². The first kappa shape index (κ1) is 19.2. The van der Waals surface area contributed by atoms with E-state index in [4.69, 9.17) is 11.6 Å². The van der Waals surface area contributed by atoms with Crippen LogP contribution in [0.1, 0.15) is 5.56 Å². The molecule has 0 bridgehead atoms. The van der Waals surface area contributed by atoms with Gasteiger partial charge in [0.25, 0.3) is 0 Å². The van der Waals surface area contributed by atoms with Gasteiger partial charge in [0.05, 0.1) is 15.5 Å². The summed E-state index contributed by atoms with van der Waals surface area (Å²) in [4.78, 5) is 11.2. The molecular formula is C15H10ClF4NO3S. The zero-order valence-corrected chi connectivity index (χ0v) is 13.8. The Hall–Kier alpha value is -2.13. The number of amides is 1. The highest BCUT2D eigenvalue weighted by Crippen LogP contribution is 2.33. The molecule has 0 spiro atoms. The molecule has 2 aromatic rings. The average molecular weight is 396 g/mol. The second kappa shape index (κ2) is 7.01. The van der Waals surface area contributed by atoms with Gasteiger partial charge < -0.3 is 5.32 Å². The van der Waals surface area contributed by atoms with Crippen molar-refractivity contribution in [3.8, 4) is 0 Å². The van der Waals surface area contributed by atoms with Crippen LogP contribution in [0, 0.1) is 5.82 Å². The van der Waals surface area contributed by atoms with Crippen molar-refractivity contribution in [1.82, 2.24) is 0 Å². The molecule has 2 aromatic carbocycles. The van der Waals surface area contributed by atoms with Gasteiger partial charge in [0, 0.05) is 5.69 Å². The molecule has 0 aliphatic rings. The Bertz CT molecular complexity index is 896. The predicted molar refractivity (Wildman–Crippen MR) is 83.5 cm³/mol. The van der Waals surface area contributed by atoms with Crippen LogP contribution >= 0.6 is 11.6 Å². The van der Waals surface area contributed by atoms with Crippen molar-refractivity contribution in [2.24, 2.45) is 0 Å². The molecule has 2 rings (SSSR count). The Morgan fingerprint density at radius 2 is 1.68 bits per heavy atom. The molecule has 0 aliphatic carbocycles. The molecule has 0 heterocycles. The van der Waals surface area contributed by atoms with E-state index in [1.165, 1.54) is 12.1 Å². The van der Waals surface area contributed by atoms with Gasteiger partial charge >= 0.3 is 6.18 Å². The highest BCUT2D eigenvalue weighted by molar-refractivity contribution is 7.92. The van der Waals surface area contributed by atoms with Gasteiger partial charge in [0.1, 0.15) is 11.6 Å². The molecule has 0 radical (unpaired) electrons. The van der Waals surface area contributed by atoms with Crippen LogP contribution in [-0.2, 0) is 20.8 Å². The average Bonchev–Trinajstić information content (AvgIpc) is 2.47. The lowest BCUT2D eigenvalue weighted by Gasteiger charge is -2.11. The highest BCUT2D eigenvalue weighted by atomic mass is 35.5. The summed E-state index contributed by atoms with van der Waals surface area (Å²) in [7, 11) is -4.27. The molecule has 0 aromatic heterocycles. The van der Waals surface area contributed by atoms with Gasteiger partial charge in [-0.25, -0.2) is 12.8 Å². The monoisotopic (exact) mass is 395 g/mol. The van der Waals surface area contributed by atoms with E-state index in [9.17, 15) is 30.8 Å². The molecule has 0 unspecified atom stereocenters. The molecule has 0 atom stereocenters. The largest absolute Gasteiger partial charge is 0.416 e. The topological polar surface area (TPSA) is 63.2 Å². The Morgan fingerprint density at radius 1 is 1.08 bits per heavy atom. The van der Waals surface area contributed by atoms with E-state index < -0.39 is 49.0 Å². The number of benzene rings is 2. The summed E-state index contributed by atoms with van der Waals surface area (Å²) >= 11 is 5.63. The van der Waals surface area contributed by atoms with Crippen molar-refractivity contribution in [2.45, 2.75) is 11.1 Å². The van der Waals surface area contributed by atoms with E-state index in [2.05, 4.69) is 5.32 Å². The molecule has 0 fully saturated rings. The third kappa shape index (κ3) is 4.93. The van der Waals surface area contributed by atoms with Crippen molar-refractivity contribution < 1.29 is 30.8 Å². The first-order valence-corrected chi connectivity index (χ1v) is 8.67. The van der Waals surface area contributed by atoms with Gasteiger partial charge in [-0.15, -0.1) is 0 Å². The number of hydrogen-bond donors (Lipinski definition) is 1. The van der Waals surface area contributed by atoms with Gasteiger partial charge in [0.2, 0.25) is 5.91 Å². The maximum atomic E-state index is 12.8. The maximum Gasteiger partial charge on any atom is 0.416 e. The zero-order valence-electron chi connectivity index (χ0n) is 12.3. The maximum absolute atomic E-state index is 12.8. The quantitative estimate of drug-likeness (QED) is 0.798. The fraction of sp³-hybridized carbons (Fsp3) is 0.133. The minimum atomic E-state index is -4.67. The molecule has 25 heavy (non-hydrogen) atoms. The van der Waals surface area contributed by atoms with E-state index in [0.717, 1.165) is 12.1 Å². The van der Waals surface area contributed by atoms with Crippen molar-refractivity contribution in [3.63, 3.8) is 0 Å². The summed E-state index contributed by atoms with van der Waals surface area (Å²) in [5.74, 6) is -2.51. The smallest absolute Gasteiger partial charge is 0.325 e. The number of anilines is 1. The lowest BCUT2D eigenvalue weighted by molar-refractivity contribution is -0.137. The second-order valence-corrected chi connectivity index (χ2v) is 7.32. The number of halogens is 5. The number of carbonyl (C=O) groups excluding carboxylic acids is 1. The van der Waals surface area contributed by atoms with Crippen LogP contribution in [0.5, 0.6) is 0 Å². The van der Waals surface area contributed by atoms with Crippen LogP contribution in [-0.4, -0.2) is 20.1 Å². The third-order valence-corrected chi connectivity index (χ3v) is 5.14. The van der Waals surface area contributed by atoms with Crippen LogP contribution in [0.15, 0.2) is 47.4 Å². The number of hydrogen-bond acceptors (Lipinski definition) is 3. The molecule has 10 heteroatoms. The standard InChI is InChI=1S/C15H10ClF4NO3S/c16-12-7-9(15(18,19)20)1-6-13(12)25(23,24)8-14(22)21-11-4-2-10(17)3-5-11/h1-7H,8H2,(H,21,22). The molecule has 1 N–H and O–H groups in total. The molecule has 0 saturated heterocycles. The summed E-state index contributed by atoms with van der Waals surface area (Å²) in [5, 5.41) is 1.61. The van der Waals surface area contributed by atoms with E-state index in [-0.39, 0.29) is 5.69 Å². The molecule has 134 valence electrons. The number of rotatable bonds is 4. The molecule has 4 nitrogen and oxygen atoms in total. The Labute approximate surface area is 145 Å². The first-order chi connectivity index (χ1) is 11.5. The lowest BCUT2D eigenvalue weighted by Crippen LogP contribution is -2.23. The fourth-order valence-electron chi connectivity index (χ4n) is 1.91. The summed E-state index contributed by atoms with van der Waals surface area (Å²) in [6.07, 6.45) is -4.67. The number of alkyl halides is 3. The fourth-order valence-corrected chi connectivity index (χ4v) is 3.65. The van der Waals surface area contributed by atoms with Crippen molar-refractivity contribution in [3.05, 3.63) is 58.9 Å². The summed E-state index contributed by atoms with van der Waals surface area (Å²) < 4.78 is 74.9. The minimum Gasteiger partial charge on any atom is -0.325 e. The molecule has 1 amide bonds. The van der Waals surface area contributed by atoms with Gasteiger partial charge in [-0.05, 0) is 42.5 Å². The van der Waals surface area contributed by atoms with Gasteiger partial charge in [-0.2, -0.15) is 13.2 Å². The van der Waals surface area contributed by atoms with Crippen LogP contribution < -0.4 is 5.32 Å². The van der Waals surface area contributed by atoms with Gasteiger partial charge in [-0.3, -0.25) is 4.79 Å². The predicted octanol–water partition coefficient (Wildman–Crippen LogP) is 3.91. The Balaban J connectivity index is 2.18. The van der Waals surface area contributed by atoms with Crippen LogP contribution in [0.4, 0.5) is 23.2 Å². The second-order valence-electron chi connectivity index (χ2n) is 4.96. The van der Waals surface area contributed by atoms with Crippen molar-refractivity contribution >= 4 is 33.0 Å². The van der Waals surface area contributed by atoms with Crippen LogP contribution in [0.3, 0.4) is 0 Å². The van der Waals surface area contributed by atoms with Gasteiger partial charge in [-0.1, -0.05) is 11.6 Å². The molecule has 0 aliphatic heterocycles. The number of carbonyl (C=O) groups is 1. The third-order valence-electron chi connectivity index (χ3n) is 3.04. The van der Waals surface area contributed by atoms with E-state index in [0.29, 0.717) is 18.2 Å². The Kier molecular flexibility index (Phi) is 5.38. The van der Waals surface area contributed by atoms with Crippen LogP contribution in [0.25, 0.3) is 0 Å².